The third-order valence-electron chi connectivity index (χ3n) is 1.70. The zero-order valence-electron chi connectivity index (χ0n) is 6.76. The fraction of sp³-hybridized carbons (Fsp3) is 0.222. The minimum Gasteiger partial charge on any atom is -0.441 e. The van der Waals surface area contributed by atoms with Crippen molar-refractivity contribution in [3.05, 3.63) is 28.6 Å². The molecule has 0 atom stereocenters. The molecular weight excluding hydrogens is 253 g/mol. The molecule has 2 rings (SSSR count). The van der Waals surface area contributed by atoms with Gasteiger partial charge in [0.1, 0.15) is 5.52 Å². The topological polar surface area (TPSA) is 26.0 Å². The molecule has 0 aliphatic carbocycles. The molecular formula is C9H7BrClNO. The van der Waals surface area contributed by atoms with Gasteiger partial charge in [0.15, 0.2) is 11.5 Å². The Kier molecular flexibility index (Phi) is 2.56. The lowest BCUT2D eigenvalue weighted by molar-refractivity contribution is 0.539. The first-order chi connectivity index (χ1) is 6.29. The van der Waals surface area contributed by atoms with Crippen LogP contribution in [0.2, 0.25) is 0 Å². The molecule has 13 heavy (non-hydrogen) atoms. The predicted molar refractivity (Wildman–Crippen MR) is 56.1 cm³/mol. The molecule has 2 aromatic rings. The van der Waals surface area contributed by atoms with E-state index in [0.29, 0.717) is 18.2 Å². The van der Waals surface area contributed by atoms with Crippen LogP contribution in [0.15, 0.2) is 27.1 Å². The van der Waals surface area contributed by atoms with Crippen molar-refractivity contribution in [1.82, 2.24) is 4.98 Å². The van der Waals surface area contributed by atoms with Crippen molar-refractivity contribution in [1.29, 1.82) is 0 Å². The van der Waals surface area contributed by atoms with Crippen LogP contribution in [-0.2, 0) is 6.42 Å². The highest BCUT2D eigenvalue weighted by molar-refractivity contribution is 9.10. The summed E-state index contributed by atoms with van der Waals surface area (Å²) in [6.07, 6.45) is 0.674. The van der Waals surface area contributed by atoms with Crippen molar-refractivity contribution in [2.24, 2.45) is 0 Å². The van der Waals surface area contributed by atoms with Gasteiger partial charge in [-0.25, -0.2) is 4.98 Å². The first-order valence-electron chi connectivity index (χ1n) is 3.90. The molecule has 0 unspecified atom stereocenters. The van der Waals surface area contributed by atoms with Crippen molar-refractivity contribution < 1.29 is 4.42 Å². The fourth-order valence-corrected chi connectivity index (χ4v) is 1.65. The Balaban J connectivity index is 2.49. The van der Waals surface area contributed by atoms with E-state index in [0.717, 1.165) is 15.6 Å². The van der Waals surface area contributed by atoms with Crippen LogP contribution in [-0.4, -0.2) is 10.9 Å². The third-order valence-corrected chi connectivity index (χ3v) is 2.38. The van der Waals surface area contributed by atoms with Crippen LogP contribution in [0, 0.1) is 0 Å². The molecule has 0 radical (unpaired) electrons. The average molecular weight is 261 g/mol. The molecule has 0 aliphatic rings. The largest absolute Gasteiger partial charge is 0.441 e. The maximum Gasteiger partial charge on any atom is 0.196 e. The summed E-state index contributed by atoms with van der Waals surface area (Å²) in [4.78, 5) is 4.28. The van der Waals surface area contributed by atoms with E-state index >= 15 is 0 Å². The second-order valence-electron chi connectivity index (χ2n) is 2.66. The zero-order valence-corrected chi connectivity index (χ0v) is 9.10. The van der Waals surface area contributed by atoms with Crippen LogP contribution in [0.3, 0.4) is 0 Å². The number of hydrogen-bond donors (Lipinski definition) is 0. The van der Waals surface area contributed by atoms with Crippen LogP contribution in [0.4, 0.5) is 0 Å². The number of fused-ring (bicyclic) bond motifs is 1. The zero-order chi connectivity index (χ0) is 9.26. The van der Waals surface area contributed by atoms with E-state index in [2.05, 4.69) is 20.9 Å². The fourth-order valence-electron chi connectivity index (χ4n) is 1.14. The van der Waals surface area contributed by atoms with Gasteiger partial charge in [-0.15, -0.1) is 11.6 Å². The first kappa shape index (κ1) is 9.03. The molecule has 0 N–H and O–H groups in total. The number of halogens is 2. The number of oxazole rings is 1. The van der Waals surface area contributed by atoms with Gasteiger partial charge in [-0.1, -0.05) is 15.9 Å². The molecule has 68 valence electrons. The van der Waals surface area contributed by atoms with E-state index in [-0.39, 0.29) is 0 Å². The molecule has 0 saturated heterocycles. The Bertz CT molecular complexity index is 426. The van der Waals surface area contributed by atoms with Gasteiger partial charge in [-0.3, -0.25) is 0 Å². The van der Waals surface area contributed by atoms with Crippen LogP contribution < -0.4 is 0 Å². The van der Waals surface area contributed by atoms with Crippen LogP contribution >= 0.6 is 27.5 Å². The SMILES string of the molecule is ClCCc1nc2cc(Br)ccc2o1. The second kappa shape index (κ2) is 3.68. The van der Waals surface area contributed by atoms with Gasteiger partial charge in [0.05, 0.1) is 0 Å². The van der Waals surface area contributed by atoms with E-state index in [1.165, 1.54) is 0 Å². The Morgan fingerprint density at radius 2 is 2.31 bits per heavy atom. The highest BCUT2D eigenvalue weighted by atomic mass is 79.9. The molecule has 0 fully saturated rings. The Morgan fingerprint density at radius 3 is 3.08 bits per heavy atom. The minimum atomic E-state index is 0.536. The van der Waals surface area contributed by atoms with Crippen LogP contribution in [0.25, 0.3) is 11.1 Å². The van der Waals surface area contributed by atoms with E-state index < -0.39 is 0 Å². The monoisotopic (exact) mass is 259 g/mol. The maximum atomic E-state index is 5.59. The van der Waals surface area contributed by atoms with Gasteiger partial charge >= 0.3 is 0 Å². The molecule has 0 amide bonds. The molecule has 0 bridgehead atoms. The van der Waals surface area contributed by atoms with Gasteiger partial charge in [0.25, 0.3) is 0 Å². The number of nitrogens with zero attached hydrogens (tertiary/aromatic N) is 1. The number of benzene rings is 1. The van der Waals surface area contributed by atoms with E-state index in [1.54, 1.807) is 0 Å². The van der Waals surface area contributed by atoms with Crippen molar-refractivity contribution in [2.75, 3.05) is 5.88 Å². The lowest BCUT2D eigenvalue weighted by Gasteiger charge is -1.86. The number of aromatic nitrogens is 1. The third kappa shape index (κ3) is 1.86. The van der Waals surface area contributed by atoms with Crippen LogP contribution in [0.1, 0.15) is 5.89 Å². The first-order valence-corrected chi connectivity index (χ1v) is 5.23. The van der Waals surface area contributed by atoms with Crippen molar-refractivity contribution in [2.45, 2.75) is 6.42 Å². The van der Waals surface area contributed by atoms with Gasteiger partial charge in [0.2, 0.25) is 0 Å². The average Bonchev–Trinajstić information content (AvgIpc) is 2.46. The lowest BCUT2D eigenvalue weighted by atomic mass is 10.3. The normalized spacial score (nSPS) is 10.9. The van der Waals surface area contributed by atoms with Gasteiger partial charge in [0, 0.05) is 16.8 Å². The van der Waals surface area contributed by atoms with Crippen molar-refractivity contribution in [3.63, 3.8) is 0 Å². The quantitative estimate of drug-likeness (QED) is 0.774. The summed E-state index contributed by atoms with van der Waals surface area (Å²) < 4.78 is 6.45. The highest BCUT2D eigenvalue weighted by Crippen LogP contribution is 2.20. The number of hydrogen-bond acceptors (Lipinski definition) is 2. The molecule has 0 spiro atoms. The maximum absolute atomic E-state index is 5.59. The molecule has 1 aromatic carbocycles. The molecule has 0 saturated carbocycles. The molecule has 1 heterocycles. The van der Waals surface area contributed by atoms with Gasteiger partial charge in [-0.2, -0.15) is 0 Å². The minimum absolute atomic E-state index is 0.536. The van der Waals surface area contributed by atoms with E-state index in [1.807, 2.05) is 18.2 Å². The Hall–Kier alpha value is -0.540. The van der Waals surface area contributed by atoms with Gasteiger partial charge < -0.3 is 4.42 Å². The summed E-state index contributed by atoms with van der Waals surface area (Å²) in [6, 6.07) is 5.75. The standard InChI is InChI=1S/C9H7BrClNO/c10-6-1-2-8-7(5-6)12-9(13-8)3-4-11/h1-2,5H,3-4H2. The molecule has 0 aliphatic heterocycles. The summed E-state index contributed by atoms with van der Waals surface area (Å²) >= 11 is 8.96. The van der Waals surface area contributed by atoms with E-state index in [9.17, 15) is 0 Å². The predicted octanol–water partition coefficient (Wildman–Crippen LogP) is 3.37. The summed E-state index contributed by atoms with van der Waals surface area (Å²) in [5.41, 5.74) is 1.68. The van der Waals surface area contributed by atoms with Crippen molar-refractivity contribution >= 4 is 38.6 Å². The van der Waals surface area contributed by atoms with Crippen molar-refractivity contribution in [3.8, 4) is 0 Å². The highest BCUT2D eigenvalue weighted by Gasteiger charge is 2.04. The molecule has 4 heteroatoms. The smallest absolute Gasteiger partial charge is 0.196 e. The lowest BCUT2D eigenvalue weighted by Crippen LogP contribution is -1.83. The summed E-state index contributed by atoms with van der Waals surface area (Å²) in [5, 5.41) is 0. The van der Waals surface area contributed by atoms with Gasteiger partial charge in [-0.05, 0) is 18.2 Å². The number of rotatable bonds is 2. The molecule has 1 aromatic heterocycles. The number of aryl methyl sites for hydroxylation is 1. The van der Waals surface area contributed by atoms with Crippen LogP contribution in [0.5, 0.6) is 0 Å². The summed E-state index contributed by atoms with van der Waals surface area (Å²) in [5.74, 6) is 1.23. The Morgan fingerprint density at radius 1 is 1.46 bits per heavy atom. The Labute approximate surface area is 89.0 Å². The summed E-state index contributed by atoms with van der Waals surface area (Å²) in [6.45, 7) is 0. The van der Waals surface area contributed by atoms with E-state index in [4.69, 9.17) is 16.0 Å². The second-order valence-corrected chi connectivity index (χ2v) is 3.95. The molecule has 2 nitrogen and oxygen atoms in total. The summed E-state index contributed by atoms with van der Waals surface area (Å²) in [7, 11) is 0. The number of alkyl halides is 1.